The molecule has 0 radical (unpaired) electrons. The van der Waals surface area contributed by atoms with Gasteiger partial charge in [0, 0.05) is 39.8 Å². The highest BCUT2D eigenvalue weighted by molar-refractivity contribution is 5.84. The molecule has 0 aliphatic carbocycles. The molecule has 1 rings (SSSR count). The van der Waals surface area contributed by atoms with Crippen molar-refractivity contribution in [2.45, 2.75) is 46.1 Å². The quantitative estimate of drug-likeness (QED) is 0.501. The van der Waals surface area contributed by atoms with Crippen molar-refractivity contribution >= 4 is 11.9 Å². The van der Waals surface area contributed by atoms with Crippen LogP contribution in [0.5, 0.6) is 0 Å². The maximum absolute atomic E-state index is 11.8. The molecule has 1 aliphatic heterocycles. The zero-order valence-corrected chi connectivity index (χ0v) is 14.8. The van der Waals surface area contributed by atoms with Crippen LogP contribution in [0, 0.1) is 5.41 Å². The molecule has 1 amide bonds. The Labute approximate surface area is 135 Å². The summed E-state index contributed by atoms with van der Waals surface area (Å²) in [6, 6.07) is 0.461. The highest BCUT2D eigenvalue weighted by Gasteiger charge is 2.27. The van der Waals surface area contributed by atoms with Gasteiger partial charge in [0.25, 0.3) is 0 Å². The molecular weight excluding hydrogens is 278 g/mol. The zero-order valence-electron chi connectivity index (χ0n) is 14.8. The predicted octanol–water partition coefficient (Wildman–Crippen LogP) is 0.798. The summed E-state index contributed by atoms with van der Waals surface area (Å²) in [5.74, 6) is 0.814. The van der Waals surface area contributed by atoms with Crippen molar-refractivity contribution in [3.8, 4) is 0 Å². The van der Waals surface area contributed by atoms with Gasteiger partial charge in [-0.05, 0) is 39.7 Å². The molecule has 0 aromatic carbocycles. The molecule has 3 N–H and O–H groups in total. The fourth-order valence-corrected chi connectivity index (χ4v) is 2.73. The van der Waals surface area contributed by atoms with E-state index in [0.29, 0.717) is 12.6 Å². The van der Waals surface area contributed by atoms with Crippen molar-refractivity contribution in [3.05, 3.63) is 0 Å². The van der Waals surface area contributed by atoms with Crippen molar-refractivity contribution in [3.63, 3.8) is 0 Å². The van der Waals surface area contributed by atoms with Gasteiger partial charge in [-0.25, -0.2) is 0 Å². The topological polar surface area (TPSA) is 68.8 Å². The van der Waals surface area contributed by atoms with Crippen LogP contribution < -0.4 is 16.0 Å². The standard InChI is InChI=1S/C16H33N5O/c1-6-9-21-10-7-13(8-11-21)20-15(18-5)19-12-16(2,3)14(22)17-4/h13H,6-12H2,1-5H3,(H,17,22)(H2,18,19,20). The summed E-state index contributed by atoms with van der Waals surface area (Å²) < 4.78 is 0. The van der Waals surface area contributed by atoms with Crippen LogP contribution in [-0.2, 0) is 4.79 Å². The van der Waals surface area contributed by atoms with E-state index < -0.39 is 5.41 Å². The predicted molar refractivity (Wildman–Crippen MR) is 92.1 cm³/mol. The lowest BCUT2D eigenvalue weighted by atomic mass is 9.92. The van der Waals surface area contributed by atoms with Gasteiger partial charge >= 0.3 is 0 Å². The Bertz CT molecular complexity index is 373. The van der Waals surface area contributed by atoms with E-state index in [2.05, 4.69) is 32.8 Å². The molecule has 0 unspecified atom stereocenters. The molecule has 0 aromatic rings. The van der Waals surface area contributed by atoms with Crippen molar-refractivity contribution in [1.29, 1.82) is 0 Å². The summed E-state index contributed by atoms with van der Waals surface area (Å²) in [5, 5.41) is 9.45. The third-order valence-electron chi connectivity index (χ3n) is 4.23. The first-order valence-corrected chi connectivity index (χ1v) is 8.34. The SMILES string of the molecule is CCCN1CCC(NC(=NC)NCC(C)(C)C(=O)NC)CC1. The number of aliphatic imine (C=N–C) groups is 1. The molecule has 1 heterocycles. The zero-order chi connectivity index (χ0) is 16.6. The van der Waals surface area contributed by atoms with Crippen molar-refractivity contribution < 1.29 is 4.79 Å². The Hall–Kier alpha value is -1.30. The molecule has 0 atom stereocenters. The monoisotopic (exact) mass is 311 g/mol. The number of carbonyl (C=O) groups is 1. The van der Waals surface area contributed by atoms with Crippen LogP contribution in [0.2, 0.25) is 0 Å². The van der Waals surface area contributed by atoms with E-state index in [-0.39, 0.29) is 5.91 Å². The minimum atomic E-state index is -0.461. The minimum absolute atomic E-state index is 0.0309. The number of guanidine groups is 1. The first-order chi connectivity index (χ1) is 10.4. The van der Waals surface area contributed by atoms with E-state index in [1.165, 1.54) is 13.0 Å². The largest absolute Gasteiger partial charge is 0.359 e. The minimum Gasteiger partial charge on any atom is -0.359 e. The van der Waals surface area contributed by atoms with Crippen LogP contribution in [0.1, 0.15) is 40.0 Å². The van der Waals surface area contributed by atoms with E-state index in [1.54, 1.807) is 14.1 Å². The van der Waals surface area contributed by atoms with E-state index in [9.17, 15) is 4.79 Å². The maximum atomic E-state index is 11.8. The summed E-state index contributed by atoms with van der Waals surface area (Å²) in [4.78, 5) is 18.6. The highest BCUT2D eigenvalue weighted by Crippen LogP contribution is 2.13. The fraction of sp³-hybridized carbons (Fsp3) is 0.875. The van der Waals surface area contributed by atoms with Crippen molar-refractivity contribution in [2.75, 3.05) is 40.3 Å². The lowest BCUT2D eigenvalue weighted by Crippen LogP contribution is -2.51. The third kappa shape index (κ3) is 5.83. The third-order valence-corrected chi connectivity index (χ3v) is 4.23. The van der Waals surface area contributed by atoms with Crippen LogP contribution in [0.4, 0.5) is 0 Å². The lowest BCUT2D eigenvalue weighted by Gasteiger charge is -2.33. The van der Waals surface area contributed by atoms with Gasteiger partial charge in [-0.15, -0.1) is 0 Å². The summed E-state index contributed by atoms with van der Waals surface area (Å²) in [6.07, 6.45) is 3.50. The first kappa shape index (κ1) is 18.7. The molecule has 1 aliphatic rings. The van der Waals surface area contributed by atoms with Gasteiger partial charge < -0.3 is 20.9 Å². The van der Waals surface area contributed by atoms with Gasteiger partial charge in [0.2, 0.25) is 5.91 Å². The molecule has 0 spiro atoms. The molecule has 1 fully saturated rings. The second-order valence-corrected chi connectivity index (χ2v) is 6.65. The van der Waals surface area contributed by atoms with E-state index in [1.807, 2.05) is 13.8 Å². The molecule has 6 nitrogen and oxygen atoms in total. The molecule has 1 saturated heterocycles. The normalized spacial score (nSPS) is 18.1. The van der Waals surface area contributed by atoms with Crippen molar-refractivity contribution in [2.24, 2.45) is 10.4 Å². The van der Waals surface area contributed by atoms with E-state index in [4.69, 9.17) is 0 Å². The Balaban J connectivity index is 2.39. The number of hydrogen-bond donors (Lipinski definition) is 3. The number of hydrogen-bond acceptors (Lipinski definition) is 3. The van der Waals surface area contributed by atoms with Gasteiger partial charge in [0.05, 0.1) is 5.41 Å². The van der Waals surface area contributed by atoms with Crippen molar-refractivity contribution in [1.82, 2.24) is 20.9 Å². The van der Waals surface area contributed by atoms with Gasteiger partial charge in [-0.2, -0.15) is 0 Å². The first-order valence-electron chi connectivity index (χ1n) is 8.34. The number of likely N-dealkylation sites (tertiary alicyclic amines) is 1. The number of nitrogens with one attached hydrogen (secondary N) is 3. The number of amides is 1. The Morgan fingerprint density at radius 1 is 1.32 bits per heavy atom. The molecule has 128 valence electrons. The second kappa shape index (κ2) is 8.98. The smallest absolute Gasteiger partial charge is 0.227 e. The van der Waals surface area contributed by atoms with Crippen LogP contribution in [0.15, 0.2) is 4.99 Å². The van der Waals surface area contributed by atoms with E-state index >= 15 is 0 Å². The van der Waals surface area contributed by atoms with Gasteiger partial charge in [0.15, 0.2) is 5.96 Å². The second-order valence-electron chi connectivity index (χ2n) is 6.65. The fourth-order valence-electron chi connectivity index (χ4n) is 2.73. The summed E-state index contributed by atoms with van der Waals surface area (Å²) in [7, 11) is 3.44. The van der Waals surface area contributed by atoms with Crippen LogP contribution >= 0.6 is 0 Å². The van der Waals surface area contributed by atoms with E-state index in [0.717, 1.165) is 31.9 Å². The number of carbonyl (C=O) groups excluding carboxylic acids is 1. The molecule has 0 aromatic heterocycles. The highest BCUT2D eigenvalue weighted by atomic mass is 16.2. The Morgan fingerprint density at radius 3 is 2.45 bits per heavy atom. The molecule has 0 bridgehead atoms. The molecular formula is C16H33N5O. The summed E-state index contributed by atoms with van der Waals surface area (Å²) in [5.41, 5.74) is -0.461. The number of nitrogens with zero attached hydrogens (tertiary/aromatic N) is 2. The summed E-state index contributed by atoms with van der Waals surface area (Å²) in [6.45, 7) is 10.1. The molecule has 6 heteroatoms. The summed E-state index contributed by atoms with van der Waals surface area (Å²) >= 11 is 0. The molecule has 22 heavy (non-hydrogen) atoms. The number of piperidine rings is 1. The van der Waals surface area contributed by atoms with Gasteiger partial charge in [-0.3, -0.25) is 9.79 Å². The van der Waals surface area contributed by atoms with Gasteiger partial charge in [0.1, 0.15) is 0 Å². The lowest BCUT2D eigenvalue weighted by molar-refractivity contribution is -0.128. The van der Waals surface area contributed by atoms with Crippen LogP contribution in [-0.4, -0.2) is 63.1 Å². The number of rotatable bonds is 6. The maximum Gasteiger partial charge on any atom is 0.227 e. The average molecular weight is 311 g/mol. The molecule has 0 saturated carbocycles. The average Bonchev–Trinajstić information content (AvgIpc) is 2.52. The van der Waals surface area contributed by atoms with Crippen LogP contribution in [0.3, 0.4) is 0 Å². The Kier molecular flexibility index (Phi) is 7.65. The van der Waals surface area contributed by atoms with Gasteiger partial charge in [-0.1, -0.05) is 6.92 Å². The Morgan fingerprint density at radius 2 is 1.95 bits per heavy atom. The van der Waals surface area contributed by atoms with Crippen LogP contribution in [0.25, 0.3) is 0 Å².